The van der Waals surface area contributed by atoms with Crippen LogP contribution < -0.4 is 5.32 Å². The van der Waals surface area contributed by atoms with Gasteiger partial charge in [-0.2, -0.15) is 0 Å². The third kappa shape index (κ3) is 4.05. The zero-order valence-electron chi connectivity index (χ0n) is 10.4. The maximum atomic E-state index is 11.4. The van der Waals surface area contributed by atoms with Crippen molar-refractivity contribution in [1.29, 1.82) is 0 Å². The quantitative estimate of drug-likeness (QED) is 0.886. The van der Waals surface area contributed by atoms with Crippen LogP contribution in [-0.2, 0) is 16.3 Å². The molecule has 1 aliphatic heterocycles. The molecule has 0 amide bonds. The van der Waals surface area contributed by atoms with Crippen LogP contribution in [0.2, 0.25) is 0 Å². The predicted molar refractivity (Wildman–Crippen MR) is 79.9 cm³/mol. The van der Waals surface area contributed by atoms with E-state index in [4.69, 9.17) is 0 Å². The van der Waals surface area contributed by atoms with Gasteiger partial charge in [-0.15, -0.1) is 11.3 Å². The number of thiophene rings is 1. The minimum absolute atomic E-state index is 0.329. The molecule has 18 heavy (non-hydrogen) atoms. The molecule has 6 heteroatoms. The summed E-state index contributed by atoms with van der Waals surface area (Å²) >= 11 is 5.20. The van der Waals surface area contributed by atoms with Crippen molar-refractivity contribution < 1.29 is 8.42 Å². The molecule has 0 radical (unpaired) electrons. The van der Waals surface area contributed by atoms with Crippen LogP contribution in [0.4, 0.5) is 0 Å². The maximum absolute atomic E-state index is 11.4. The van der Waals surface area contributed by atoms with Crippen molar-refractivity contribution in [3.63, 3.8) is 0 Å². The molecule has 1 aromatic heterocycles. The van der Waals surface area contributed by atoms with Crippen LogP contribution in [0.25, 0.3) is 0 Å². The van der Waals surface area contributed by atoms with Crippen LogP contribution in [0.15, 0.2) is 15.9 Å². The highest BCUT2D eigenvalue weighted by Gasteiger charge is 2.29. The van der Waals surface area contributed by atoms with Gasteiger partial charge < -0.3 is 5.32 Å². The Morgan fingerprint density at radius 2 is 2.39 bits per heavy atom. The molecule has 2 atom stereocenters. The minimum Gasteiger partial charge on any atom is -0.317 e. The molecule has 2 unspecified atom stereocenters. The van der Waals surface area contributed by atoms with Gasteiger partial charge in [-0.3, -0.25) is 0 Å². The molecule has 0 aliphatic carbocycles. The van der Waals surface area contributed by atoms with Crippen molar-refractivity contribution in [2.45, 2.75) is 25.3 Å². The number of hydrogen-bond donors (Lipinski definition) is 1. The van der Waals surface area contributed by atoms with Gasteiger partial charge in [-0.05, 0) is 54.2 Å². The van der Waals surface area contributed by atoms with Gasteiger partial charge in [0.1, 0.15) is 0 Å². The van der Waals surface area contributed by atoms with E-state index in [0.717, 1.165) is 23.7 Å². The van der Waals surface area contributed by atoms with Crippen LogP contribution in [0.1, 0.15) is 17.7 Å². The van der Waals surface area contributed by atoms with Gasteiger partial charge in [0.05, 0.1) is 11.5 Å². The Hall–Kier alpha value is 0.0900. The highest BCUT2D eigenvalue weighted by molar-refractivity contribution is 9.10. The lowest BCUT2D eigenvalue weighted by molar-refractivity contribution is 0.425. The molecule has 0 aromatic carbocycles. The fourth-order valence-corrected chi connectivity index (χ4v) is 5.88. The third-order valence-electron chi connectivity index (χ3n) is 3.42. The number of halogens is 1. The summed E-state index contributed by atoms with van der Waals surface area (Å²) in [5.74, 6) is 1.08. The van der Waals surface area contributed by atoms with Crippen LogP contribution in [0.5, 0.6) is 0 Å². The van der Waals surface area contributed by atoms with E-state index in [2.05, 4.69) is 32.7 Å². The summed E-state index contributed by atoms with van der Waals surface area (Å²) in [5, 5.41) is 5.40. The largest absolute Gasteiger partial charge is 0.317 e. The van der Waals surface area contributed by atoms with Gasteiger partial charge >= 0.3 is 0 Å². The molecule has 1 aliphatic rings. The summed E-state index contributed by atoms with van der Waals surface area (Å²) in [7, 11) is -0.796. The standard InChI is InChI=1S/C12H18BrNO2S2/c1-14-11(6-12-5-10(13)7-17-12)4-9-2-3-18(15,16)8-9/h5,7,9,11,14H,2-4,6,8H2,1H3. The topological polar surface area (TPSA) is 46.2 Å². The van der Waals surface area contributed by atoms with E-state index in [1.54, 1.807) is 11.3 Å². The van der Waals surface area contributed by atoms with E-state index >= 15 is 0 Å². The van der Waals surface area contributed by atoms with Gasteiger partial charge in [0.15, 0.2) is 9.84 Å². The van der Waals surface area contributed by atoms with Crippen LogP contribution in [0.3, 0.4) is 0 Å². The third-order valence-corrected chi connectivity index (χ3v) is 6.98. The minimum atomic E-state index is -2.75. The van der Waals surface area contributed by atoms with Crippen molar-refractivity contribution in [2.24, 2.45) is 5.92 Å². The molecule has 1 N–H and O–H groups in total. The molecule has 3 nitrogen and oxygen atoms in total. The van der Waals surface area contributed by atoms with Crippen LogP contribution >= 0.6 is 27.3 Å². The average molecular weight is 352 g/mol. The Labute approximate surface area is 121 Å². The molecule has 2 heterocycles. The lowest BCUT2D eigenvalue weighted by Gasteiger charge is -2.18. The zero-order chi connectivity index (χ0) is 13.2. The second-order valence-electron chi connectivity index (χ2n) is 4.93. The van der Waals surface area contributed by atoms with Crippen LogP contribution in [0, 0.1) is 5.92 Å². The lowest BCUT2D eigenvalue weighted by atomic mass is 9.97. The molecule has 0 spiro atoms. The number of sulfone groups is 1. The monoisotopic (exact) mass is 351 g/mol. The molecular formula is C12H18BrNO2S2. The van der Waals surface area contributed by atoms with E-state index in [1.165, 1.54) is 4.88 Å². The molecule has 1 saturated heterocycles. The number of nitrogens with one attached hydrogen (secondary N) is 1. The Balaban J connectivity index is 1.90. The molecule has 2 rings (SSSR count). The normalized spacial score (nSPS) is 24.2. The van der Waals surface area contributed by atoms with Crippen molar-refractivity contribution in [1.82, 2.24) is 5.32 Å². The second kappa shape index (κ2) is 6.03. The first-order valence-electron chi connectivity index (χ1n) is 6.09. The Kier molecular flexibility index (Phi) is 4.86. The van der Waals surface area contributed by atoms with E-state index in [0.29, 0.717) is 23.5 Å². The first-order chi connectivity index (χ1) is 8.48. The zero-order valence-corrected chi connectivity index (χ0v) is 13.6. The van der Waals surface area contributed by atoms with E-state index in [1.807, 2.05) is 7.05 Å². The Morgan fingerprint density at radius 1 is 1.61 bits per heavy atom. The van der Waals surface area contributed by atoms with Gasteiger partial charge in [-0.1, -0.05) is 0 Å². The van der Waals surface area contributed by atoms with Gasteiger partial charge in [0.25, 0.3) is 0 Å². The summed E-state index contributed by atoms with van der Waals surface area (Å²) in [6.45, 7) is 0. The smallest absolute Gasteiger partial charge is 0.150 e. The van der Waals surface area contributed by atoms with E-state index in [-0.39, 0.29) is 0 Å². The maximum Gasteiger partial charge on any atom is 0.150 e. The highest BCUT2D eigenvalue weighted by atomic mass is 79.9. The van der Waals surface area contributed by atoms with Crippen molar-refractivity contribution >= 4 is 37.1 Å². The van der Waals surface area contributed by atoms with Crippen LogP contribution in [-0.4, -0.2) is 33.0 Å². The highest BCUT2D eigenvalue weighted by Crippen LogP contribution is 2.26. The summed E-state index contributed by atoms with van der Waals surface area (Å²) < 4.78 is 24.0. The lowest BCUT2D eigenvalue weighted by Crippen LogP contribution is -2.30. The first kappa shape index (κ1) is 14.5. The SMILES string of the molecule is CNC(Cc1cc(Br)cs1)CC1CCS(=O)(=O)C1. The Morgan fingerprint density at radius 3 is 2.89 bits per heavy atom. The van der Waals surface area contributed by atoms with E-state index < -0.39 is 9.84 Å². The van der Waals surface area contributed by atoms with Crippen molar-refractivity contribution in [3.05, 3.63) is 20.8 Å². The second-order valence-corrected chi connectivity index (χ2v) is 9.07. The van der Waals surface area contributed by atoms with Gasteiger partial charge in [0.2, 0.25) is 0 Å². The van der Waals surface area contributed by atoms with Crippen molar-refractivity contribution in [3.8, 4) is 0 Å². The summed E-state index contributed by atoms with van der Waals surface area (Å²) in [5.41, 5.74) is 0. The molecule has 1 aromatic rings. The van der Waals surface area contributed by atoms with Gasteiger partial charge in [-0.25, -0.2) is 8.42 Å². The molecular weight excluding hydrogens is 334 g/mol. The fraction of sp³-hybridized carbons (Fsp3) is 0.667. The first-order valence-corrected chi connectivity index (χ1v) is 9.58. The average Bonchev–Trinajstić information content (AvgIpc) is 2.84. The number of hydrogen-bond acceptors (Lipinski definition) is 4. The predicted octanol–water partition coefficient (Wildman–Crippen LogP) is 2.47. The van der Waals surface area contributed by atoms with Gasteiger partial charge in [0, 0.05) is 20.8 Å². The Bertz CT molecular complexity index is 498. The summed E-state index contributed by atoms with van der Waals surface area (Å²) in [4.78, 5) is 1.34. The summed E-state index contributed by atoms with van der Waals surface area (Å²) in [6, 6.07) is 2.51. The summed E-state index contributed by atoms with van der Waals surface area (Å²) in [6.07, 6.45) is 2.75. The molecule has 1 fully saturated rings. The van der Waals surface area contributed by atoms with Crippen molar-refractivity contribution in [2.75, 3.05) is 18.6 Å². The number of rotatable bonds is 5. The molecule has 0 bridgehead atoms. The van der Waals surface area contributed by atoms with E-state index in [9.17, 15) is 8.42 Å². The fourth-order valence-electron chi connectivity index (χ4n) is 2.47. The number of likely N-dealkylation sites (N-methyl/N-ethyl adjacent to an activating group) is 1. The molecule has 102 valence electrons. The molecule has 0 saturated carbocycles.